The van der Waals surface area contributed by atoms with Gasteiger partial charge in [-0.05, 0) is 33.8 Å². The van der Waals surface area contributed by atoms with Crippen molar-refractivity contribution in [2.24, 2.45) is 20.4 Å². The van der Waals surface area contributed by atoms with Gasteiger partial charge in [0.1, 0.15) is 5.71 Å². The molecule has 0 amide bonds. The molecular formula is C22H28CuN8S2. The molecule has 0 fully saturated rings. The van der Waals surface area contributed by atoms with Gasteiger partial charge in [-0.2, -0.15) is 10.2 Å². The van der Waals surface area contributed by atoms with Crippen LogP contribution in [0.15, 0.2) is 69.2 Å². The van der Waals surface area contributed by atoms with Crippen LogP contribution in [0.1, 0.15) is 39.1 Å². The Labute approximate surface area is 217 Å². The fourth-order valence-electron chi connectivity index (χ4n) is 2.76. The maximum Gasteiger partial charge on any atom is 2.00 e. The normalized spacial score (nSPS) is 12.8. The van der Waals surface area contributed by atoms with Gasteiger partial charge in [-0.15, -0.1) is 10.2 Å². The molecule has 0 bridgehead atoms. The zero-order valence-corrected chi connectivity index (χ0v) is 21.7. The van der Waals surface area contributed by atoms with Gasteiger partial charge in [-0.1, -0.05) is 30.3 Å². The van der Waals surface area contributed by atoms with Gasteiger partial charge in [-0.3, -0.25) is 0 Å². The van der Waals surface area contributed by atoms with Crippen molar-refractivity contribution in [1.29, 1.82) is 0 Å². The molecule has 0 aliphatic heterocycles. The van der Waals surface area contributed by atoms with Gasteiger partial charge in [0.05, 0.1) is 0 Å². The van der Waals surface area contributed by atoms with Gasteiger partial charge in [0.2, 0.25) is 0 Å². The van der Waals surface area contributed by atoms with Crippen LogP contribution in [0.3, 0.4) is 0 Å². The van der Waals surface area contributed by atoms with Gasteiger partial charge < -0.3 is 35.1 Å². The SMILES string of the molecule is CCN(CC)C([S-])=NN=C(C(=NN=C([S-])N(CC)CC)c1ncccn1)c1ccccc1.[Cu+2]. The first-order valence-electron chi connectivity index (χ1n) is 10.5. The fourth-order valence-corrected chi connectivity index (χ4v) is 3.36. The summed E-state index contributed by atoms with van der Waals surface area (Å²) in [6.45, 7) is 11.0. The molecule has 1 radical (unpaired) electrons. The molecule has 0 aliphatic rings. The standard InChI is InChI=1S/C22H30N8S2.Cu/c1-5-29(6-2)21(31)27-25-18(17-13-10-9-11-14-17)19(20-23-15-12-16-24-20)26-28-22(32)30(7-3)8-4;/h9-16H,5-8H2,1-4H3,(H,27,31)(H,28,32);/q;+2/p-2. The molecule has 179 valence electrons. The number of amidine groups is 2. The quantitative estimate of drug-likeness (QED) is 0.163. The molecule has 1 aromatic carbocycles. The van der Waals surface area contributed by atoms with Crippen molar-refractivity contribution >= 4 is 47.0 Å². The number of benzene rings is 1. The van der Waals surface area contributed by atoms with Crippen LogP contribution in [0.4, 0.5) is 0 Å². The number of hydrogen-bond acceptors (Lipinski definition) is 8. The second-order valence-corrected chi connectivity index (χ2v) is 7.18. The molecule has 0 atom stereocenters. The van der Waals surface area contributed by atoms with Crippen LogP contribution in [-0.2, 0) is 42.3 Å². The van der Waals surface area contributed by atoms with Crippen molar-refractivity contribution in [1.82, 2.24) is 19.8 Å². The van der Waals surface area contributed by atoms with Crippen LogP contribution in [-0.4, -0.2) is 67.7 Å². The molecule has 0 unspecified atom stereocenters. The Kier molecular flexibility index (Phi) is 13.3. The minimum atomic E-state index is 0. The molecule has 1 aromatic heterocycles. The van der Waals surface area contributed by atoms with Gasteiger partial charge >= 0.3 is 17.1 Å². The van der Waals surface area contributed by atoms with E-state index >= 15 is 0 Å². The Bertz CT molecular complexity index is 877. The number of rotatable bonds is 9. The van der Waals surface area contributed by atoms with Gasteiger partial charge in [0.25, 0.3) is 0 Å². The minimum absolute atomic E-state index is 0. The van der Waals surface area contributed by atoms with E-state index in [-0.39, 0.29) is 17.1 Å². The summed E-state index contributed by atoms with van der Waals surface area (Å²) in [4.78, 5) is 12.6. The van der Waals surface area contributed by atoms with E-state index in [1.54, 1.807) is 18.5 Å². The fraction of sp³-hybridized carbons (Fsp3) is 0.364. The van der Waals surface area contributed by atoms with Crippen molar-refractivity contribution in [2.75, 3.05) is 26.2 Å². The van der Waals surface area contributed by atoms with Crippen molar-refractivity contribution in [3.05, 3.63) is 60.2 Å². The van der Waals surface area contributed by atoms with E-state index in [0.29, 0.717) is 27.6 Å². The van der Waals surface area contributed by atoms with Crippen molar-refractivity contribution in [2.45, 2.75) is 27.7 Å². The van der Waals surface area contributed by atoms with Crippen LogP contribution < -0.4 is 0 Å². The van der Waals surface area contributed by atoms with E-state index in [9.17, 15) is 0 Å². The maximum absolute atomic E-state index is 5.45. The van der Waals surface area contributed by atoms with Crippen molar-refractivity contribution < 1.29 is 17.1 Å². The number of nitrogens with zero attached hydrogens (tertiary/aromatic N) is 8. The maximum atomic E-state index is 5.45. The summed E-state index contributed by atoms with van der Waals surface area (Å²) >= 11 is 10.9. The van der Waals surface area contributed by atoms with E-state index in [2.05, 4.69) is 30.4 Å². The molecule has 0 N–H and O–H groups in total. The van der Waals surface area contributed by atoms with Gasteiger partial charge in [0, 0.05) is 54.5 Å². The summed E-state index contributed by atoms with van der Waals surface area (Å²) in [5.41, 5.74) is 1.60. The van der Waals surface area contributed by atoms with E-state index in [0.717, 1.165) is 31.7 Å². The molecule has 33 heavy (non-hydrogen) atoms. The Balaban J connectivity index is 0.00000544. The van der Waals surface area contributed by atoms with Crippen LogP contribution >= 0.6 is 0 Å². The van der Waals surface area contributed by atoms with Crippen molar-refractivity contribution in [3.63, 3.8) is 0 Å². The van der Waals surface area contributed by atoms with Crippen molar-refractivity contribution in [3.8, 4) is 0 Å². The topological polar surface area (TPSA) is 81.7 Å². The predicted molar refractivity (Wildman–Crippen MR) is 137 cm³/mol. The zero-order valence-electron chi connectivity index (χ0n) is 19.1. The van der Waals surface area contributed by atoms with Crippen LogP contribution in [0.5, 0.6) is 0 Å². The molecule has 0 saturated heterocycles. The molecule has 2 aromatic rings. The minimum Gasteiger partial charge on any atom is -0.741 e. The second kappa shape index (κ2) is 15.4. The smallest absolute Gasteiger partial charge is 0.741 e. The molecule has 11 heteroatoms. The summed E-state index contributed by atoms with van der Waals surface area (Å²) in [6, 6.07) is 11.3. The average Bonchev–Trinajstić information content (AvgIpc) is 2.83. The van der Waals surface area contributed by atoms with E-state index in [1.165, 1.54) is 0 Å². The van der Waals surface area contributed by atoms with Crippen LogP contribution in [0.2, 0.25) is 0 Å². The summed E-state index contributed by atoms with van der Waals surface area (Å²) < 4.78 is 0. The second-order valence-electron chi connectivity index (χ2n) is 6.45. The largest absolute Gasteiger partial charge is 2.00 e. The molecule has 2 rings (SSSR count). The van der Waals surface area contributed by atoms with E-state index in [1.807, 2.05) is 67.8 Å². The van der Waals surface area contributed by atoms with E-state index < -0.39 is 0 Å². The summed E-state index contributed by atoms with van der Waals surface area (Å²) in [5.74, 6) is 0.366. The zero-order chi connectivity index (χ0) is 23.3. The third-order valence-corrected chi connectivity index (χ3v) is 5.27. The first-order chi connectivity index (χ1) is 15.5. The van der Waals surface area contributed by atoms with E-state index in [4.69, 9.17) is 25.3 Å². The first kappa shape index (κ1) is 28.6. The van der Waals surface area contributed by atoms with Gasteiger partial charge in [0.15, 0.2) is 11.5 Å². The summed E-state index contributed by atoms with van der Waals surface area (Å²) in [5, 5.41) is 18.3. The Morgan fingerprint density at radius 2 is 1.15 bits per heavy atom. The Hall–Kier alpha value is -2.46. The molecular weight excluding hydrogens is 504 g/mol. The number of aromatic nitrogens is 2. The molecule has 0 saturated carbocycles. The first-order valence-corrected chi connectivity index (χ1v) is 11.4. The number of hydrogen-bond donors (Lipinski definition) is 0. The summed E-state index contributed by atoms with van der Waals surface area (Å²) in [6.07, 6.45) is 3.28. The third-order valence-electron chi connectivity index (χ3n) is 4.59. The Morgan fingerprint density at radius 1 is 0.697 bits per heavy atom. The molecule has 1 heterocycles. The summed E-state index contributed by atoms with van der Waals surface area (Å²) in [7, 11) is 0. The molecule has 0 aliphatic carbocycles. The van der Waals surface area contributed by atoms with Crippen LogP contribution in [0, 0.1) is 0 Å². The Morgan fingerprint density at radius 3 is 1.61 bits per heavy atom. The van der Waals surface area contributed by atoms with Gasteiger partial charge in [-0.25, -0.2) is 9.97 Å². The molecule has 8 nitrogen and oxygen atoms in total. The third kappa shape index (κ3) is 8.43. The van der Waals surface area contributed by atoms with Crippen LogP contribution in [0.25, 0.3) is 0 Å². The average molecular weight is 532 g/mol. The monoisotopic (exact) mass is 531 g/mol. The molecule has 0 spiro atoms. The predicted octanol–water partition coefficient (Wildman–Crippen LogP) is 3.07.